The van der Waals surface area contributed by atoms with Crippen LogP contribution in [-0.2, 0) is 0 Å². The Morgan fingerprint density at radius 2 is 1.81 bits per heavy atom. The highest BCUT2D eigenvalue weighted by atomic mass is 15.2. The van der Waals surface area contributed by atoms with Crippen LogP contribution in [0, 0.1) is 0 Å². The fraction of sp³-hybridized carbons (Fsp3) is 1.00. The topological polar surface area (TPSA) is 29.3 Å². The van der Waals surface area contributed by atoms with Gasteiger partial charge in [-0.2, -0.15) is 0 Å². The molecule has 94 valence electrons. The van der Waals surface area contributed by atoms with Crippen LogP contribution in [0.4, 0.5) is 0 Å². The van der Waals surface area contributed by atoms with Gasteiger partial charge >= 0.3 is 0 Å². The summed E-state index contributed by atoms with van der Waals surface area (Å²) in [5.74, 6) is 0. The van der Waals surface area contributed by atoms with Gasteiger partial charge in [-0.15, -0.1) is 0 Å². The number of hydrogen-bond acceptors (Lipinski definition) is 2. The molecule has 0 bridgehead atoms. The van der Waals surface area contributed by atoms with E-state index >= 15 is 0 Å². The molecule has 0 radical (unpaired) electrons. The Hall–Kier alpha value is -0.0800. The van der Waals surface area contributed by atoms with E-state index in [-0.39, 0.29) is 0 Å². The highest BCUT2D eigenvalue weighted by molar-refractivity contribution is 4.87. The smallest absolute Gasteiger partial charge is 0.00993 e. The molecule has 2 rings (SSSR count). The van der Waals surface area contributed by atoms with Crippen LogP contribution in [0.2, 0.25) is 0 Å². The lowest BCUT2D eigenvalue weighted by Crippen LogP contribution is -2.48. The number of hydrogen-bond donors (Lipinski definition) is 1. The minimum Gasteiger partial charge on any atom is -0.328 e. The molecule has 2 aliphatic rings. The standard InChI is InChI=1S/C14H28N2/c1-2-5-13-6-3-4-11-16(13)14-9-7-12(15)8-10-14/h12-14H,2-11,15H2,1H3. The molecule has 2 N–H and O–H groups in total. The van der Waals surface area contributed by atoms with Gasteiger partial charge in [0.25, 0.3) is 0 Å². The molecule has 1 saturated heterocycles. The third-order valence-electron chi connectivity index (χ3n) is 4.50. The molecule has 2 nitrogen and oxygen atoms in total. The summed E-state index contributed by atoms with van der Waals surface area (Å²) in [5.41, 5.74) is 6.00. The number of rotatable bonds is 3. The van der Waals surface area contributed by atoms with Crippen LogP contribution in [0.15, 0.2) is 0 Å². The lowest BCUT2D eigenvalue weighted by Gasteiger charge is -2.43. The van der Waals surface area contributed by atoms with Crippen molar-refractivity contribution in [3.63, 3.8) is 0 Å². The molecule has 1 unspecified atom stereocenters. The first-order valence-electron chi connectivity index (χ1n) is 7.32. The summed E-state index contributed by atoms with van der Waals surface area (Å²) in [6.07, 6.45) is 12.3. The van der Waals surface area contributed by atoms with Gasteiger partial charge in [-0.1, -0.05) is 19.8 Å². The van der Waals surface area contributed by atoms with Crippen molar-refractivity contribution in [1.29, 1.82) is 0 Å². The summed E-state index contributed by atoms with van der Waals surface area (Å²) < 4.78 is 0. The van der Waals surface area contributed by atoms with Gasteiger partial charge in [0.1, 0.15) is 0 Å². The monoisotopic (exact) mass is 224 g/mol. The second-order valence-electron chi connectivity index (χ2n) is 5.74. The zero-order valence-electron chi connectivity index (χ0n) is 10.8. The summed E-state index contributed by atoms with van der Waals surface area (Å²) >= 11 is 0. The maximum absolute atomic E-state index is 6.00. The van der Waals surface area contributed by atoms with Crippen LogP contribution in [0.5, 0.6) is 0 Å². The largest absolute Gasteiger partial charge is 0.328 e. The van der Waals surface area contributed by atoms with Crippen LogP contribution in [-0.4, -0.2) is 29.6 Å². The first-order valence-corrected chi connectivity index (χ1v) is 7.32. The zero-order valence-corrected chi connectivity index (χ0v) is 10.8. The first kappa shape index (κ1) is 12.4. The van der Waals surface area contributed by atoms with Crippen molar-refractivity contribution >= 4 is 0 Å². The second-order valence-corrected chi connectivity index (χ2v) is 5.74. The van der Waals surface area contributed by atoms with Crippen molar-refractivity contribution in [3.8, 4) is 0 Å². The van der Waals surface area contributed by atoms with E-state index in [0.29, 0.717) is 6.04 Å². The molecule has 1 aliphatic carbocycles. The van der Waals surface area contributed by atoms with E-state index in [1.165, 1.54) is 64.3 Å². The minimum absolute atomic E-state index is 0.491. The summed E-state index contributed by atoms with van der Waals surface area (Å²) in [6, 6.07) is 2.24. The van der Waals surface area contributed by atoms with Gasteiger partial charge in [-0.3, -0.25) is 4.90 Å². The third-order valence-corrected chi connectivity index (χ3v) is 4.50. The predicted molar refractivity (Wildman–Crippen MR) is 69.5 cm³/mol. The molecule has 0 aromatic carbocycles. The Balaban J connectivity index is 1.89. The normalized spacial score (nSPS) is 37.5. The molecule has 1 saturated carbocycles. The third kappa shape index (κ3) is 2.98. The summed E-state index contributed by atoms with van der Waals surface area (Å²) in [6.45, 7) is 3.67. The van der Waals surface area contributed by atoms with Crippen molar-refractivity contribution in [2.75, 3.05) is 6.54 Å². The van der Waals surface area contributed by atoms with E-state index in [1.54, 1.807) is 0 Å². The minimum atomic E-state index is 0.491. The number of nitrogens with two attached hydrogens (primary N) is 1. The van der Waals surface area contributed by atoms with Gasteiger partial charge in [-0.05, 0) is 51.5 Å². The fourth-order valence-electron chi connectivity index (χ4n) is 3.58. The molecular weight excluding hydrogens is 196 g/mol. The summed E-state index contributed by atoms with van der Waals surface area (Å²) in [7, 11) is 0. The van der Waals surface area contributed by atoms with Crippen molar-refractivity contribution in [3.05, 3.63) is 0 Å². The molecule has 1 aliphatic heterocycles. The molecule has 16 heavy (non-hydrogen) atoms. The average molecular weight is 224 g/mol. The number of nitrogens with zero attached hydrogens (tertiary/aromatic N) is 1. The van der Waals surface area contributed by atoms with Gasteiger partial charge in [0, 0.05) is 18.1 Å². The molecule has 0 amide bonds. The van der Waals surface area contributed by atoms with E-state index < -0.39 is 0 Å². The first-order chi connectivity index (χ1) is 7.81. The zero-order chi connectivity index (χ0) is 11.4. The Morgan fingerprint density at radius 3 is 2.50 bits per heavy atom. The summed E-state index contributed by atoms with van der Waals surface area (Å²) in [4.78, 5) is 2.83. The van der Waals surface area contributed by atoms with Crippen molar-refractivity contribution in [2.45, 2.75) is 82.8 Å². The average Bonchev–Trinajstić information content (AvgIpc) is 2.32. The van der Waals surface area contributed by atoms with Gasteiger partial charge in [-0.25, -0.2) is 0 Å². The van der Waals surface area contributed by atoms with Crippen molar-refractivity contribution in [1.82, 2.24) is 4.90 Å². The predicted octanol–water partition coefficient (Wildman–Crippen LogP) is 2.91. The maximum Gasteiger partial charge on any atom is 0.00993 e. The van der Waals surface area contributed by atoms with E-state index in [4.69, 9.17) is 5.73 Å². The van der Waals surface area contributed by atoms with E-state index in [0.717, 1.165) is 12.1 Å². The quantitative estimate of drug-likeness (QED) is 0.798. The van der Waals surface area contributed by atoms with E-state index in [9.17, 15) is 0 Å². The van der Waals surface area contributed by atoms with Crippen molar-refractivity contribution < 1.29 is 0 Å². The van der Waals surface area contributed by atoms with E-state index in [2.05, 4.69) is 11.8 Å². The van der Waals surface area contributed by atoms with Gasteiger partial charge in [0.15, 0.2) is 0 Å². The van der Waals surface area contributed by atoms with Crippen molar-refractivity contribution in [2.24, 2.45) is 5.73 Å². The fourth-order valence-corrected chi connectivity index (χ4v) is 3.58. The Morgan fingerprint density at radius 1 is 1.06 bits per heavy atom. The highest BCUT2D eigenvalue weighted by Crippen LogP contribution is 2.29. The van der Waals surface area contributed by atoms with Gasteiger partial charge in [0.05, 0.1) is 0 Å². The molecule has 0 aromatic rings. The Labute approximate surface area is 101 Å². The van der Waals surface area contributed by atoms with Gasteiger partial charge < -0.3 is 5.73 Å². The highest BCUT2D eigenvalue weighted by Gasteiger charge is 2.30. The molecular formula is C14H28N2. The van der Waals surface area contributed by atoms with Crippen LogP contribution in [0.1, 0.15) is 64.7 Å². The maximum atomic E-state index is 6.00. The molecule has 0 aromatic heterocycles. The molecule has 2 fully saturated rings. The van der Waals surface area contributed by atoms with Gasteiger partial charge in [0.2, 0.25) is 0 Å². The lowest BCUT2D eigenvalue weighted by atomic mass is 9.87. The molecule has 2 heteroatoms. The number of likely N-dealkylation sites (tertiary alicyclic amines) is 1. The Kier molecular flexibility index (Phi) is 4.66. The van der Waals surface area contributed by atoms with Crippen LogP contribution < -0.4 is 5.73 Å². The SMILES string of the molecule is CCCC1CCCCN1C1CCC(N)CC1. The van der Waals surface area contributed by atoms with E-state index in [1.807, 2.05) is 0 Å². The Bertz CT molecular complexity index is 195. The van der Waals surface area contributed by atoms with Crippen LogP contribution in [0.25, 0.3) is 0 Å². The molecule has 1 atom stereocenters. The molecule has 0 spiro atoms. The number of piperidine rings is 1. The van der Waals surface area contributed by atoms with Crippen LogP contribution in [0.3, 0.4) is 0 Å². The van der Waals surface area contributed by atoms with Crippen LogP contribution >= 0.6 is 0 Å². The summed E-state index contributed by atoms with van der Waals surface area (Å²) in [5, 5.41) is 0. The molecule has 1 heterocycles. The second kappa shape index (κ2) is 6.02. The lowest BCUT2D eigenvalue weighted by molar-refractivity contribution is 0.0645.